The lowest BCUT2D eigenvalue weighted by molar-refractivity contribution is 0.846. The van der Waals surface area contributed by atoms with Crippen LogP contribution in [0.25, 0.3) is 15.7 Å². The number of thioether (sulfide) groups is 1. The van der Waals surface area contributed by atoms with Gasteiger partial charge in [0, 0.05) is 29.8 Å². The summed E-state index contributed by atoms with van der Waals surface area (Å²) in [6.45, 7) is 2.16. The van der Waals surface area contributed by atoms with Crippen LogP contribution >= 0.6 is 46.3 Å². The van der Waals surface area contributed by atoms with Crippen LogP contribution in [-0.2, 0) is 12.8 Å². The van der Waals surface area contributed by atoms with Crippen molar-refractivity contribution in [1.29, 1.82) is 0 Å². The fourth-order valence-electron chi connectivity index (χ4n) is 3.69. The Balaban J connectivity index is 1.48. The van der Waals surface area contributed by atoms with Crippen molar-refractivity contribution in [3.05, 3.63) is 68.5 Å². The number of nitrogens with one attached hydrogen (secondary N) is 1. The van der Waals surface area contributed by atoms with Crippen LogP contribution in [0.3, 0.4) is 0 Å². The minimum absolute atomic E-state index is 0.510. The Morgan fingerprint density at radius 3 is 2.97 bits per heavy atom. The first-order valence-corrected chi connectivity index (χ1v) is 12.4. The summed E-state index contributed by atoms with van der Waals surface area (Å²) in [5, 5.41) is 19.7. The molecule has 5 rings (SSSR count). The highest BCUT2D eigenvalue weighted by atomic mass is 35.5. The SMILES string of the molecule is Cc1cccc2scc(Cc3c(SCCCc4nn[nH]n4)nc4cc(Cl)c(Cl)cn34)c12. The minimum atomic E-state index is 0.510. The minimum Gasteiger partial charge on any atom is -0.301 e. The maximum absolute atomic E-state index is 6.35. The molecule has 1 aromatic carbocycles. The number of tetrazole rings is 1. The van der Waals surface area contributed by atoms with E-state index >= 15 is 0 Å². The Morgan fingerprint density at radius 2 is 2.13 bits per heavy atom. The van der Waals surface area contributed by atoms with E-state index in [1.807, 2.05) is 12.3 Å². The molecule has 0 radical (unpaired) electrons. The molecule has 0 saturated carbocycles. The first kappa shape index (κ1) is 20.8. The maximum atomic E-state index is 6.35. The highest BCUT2D eigenvalue weighted by Gasteiger charge is 2.17. The molecule has 5 aromatic rings. The van der Waals surface area contributed by atoms with Gasteiger partial charge in [-0.15, -0.1) is 33.3 Å². The Bertz CT molecular complexity index is 1360. The standard InChI is InChI=1S/C21H18Cl2N6S2/c1-12-4-2-5-17-20(12)13(11-31-17)8-16-21(30-7-3-6-18-25-27-28-26-18)24-19-9-14(22)15(23)10-29(16)19/h2,4-5,9-11H,3,6-8H2,1H3,(H,25,26,27,28). The number of hydrogen-bond acceptors (Lipinski definition) is 6. The summed E-state index contributed by atoms with van der Waals surface area (Å²) in [5.74, 6) is 1.63. The third-order valence-corrected chi connectivity index (χ3v) is 7.94. The van der Waals surface area contributed by atoms with Crippen molar-refractivity contribution in [2.45, 2.75) is 31.2 Å². The quantitative estimate of drug-likeness (QED) is 0.225. The number of fused-ring (bicyclic) bond motifs is 2. The van der Waals surface area contributed by atoms with Crippen molar-refractivity contribution >= 4 is 62.0 Å². The number of nitrogens with zero attached hydrogens (tertiary/aromatic N) is 5. The Kier molecular flexibility index (Phi) is 5.88. The van der Waals surface area contributed by atoms with Crippen LogP contribution in [0.2, 0.25) is 10.0 Å². The van der Waals surface area contributed by atoms with E-state index in [1.54, 1.807) is 23.1 Å². The number of aromatic amines is 1. The van der Waals surface area contributed by atoms with E-state index in [4.69, 9.17) is 28.2 Å². The van der Waals surface area contributed by atoms with Crippen LogP contribution in [0.4, 0.5) is 0 Å². The molecule has 10 heteroatoms. The second-order valence-corrected chi connectivity index (χ2v) is 10.0. The zero-order valence-corrected chi connectivity index (χ0v) is 19.7. The van der Waals surface area contributed by atoms with Crippen LogP contribution in [0.15, 0.2) is 40.9 Å². The number of aryl methyl sites for hydroxylation is 2. The molecule has 6 nitrogen and oxygen atoms in total. The van der Waals surface area contributed by atoms with Crippen LogP contribution in [0, 0.1) is 6.92 Å². The normalized spacial score (nSPS) is 11.7. The van der Waals surface area contributed by atoms with Gasteiger partial charge in [0.05, 0.1) is 15.7 Å². The number of pyridine rings is 1. The van der Waals surface area contributed by atoms with E-state index in [2.05, 4.69) is 55.5 Å². The molecule has 0 saturated heterocycles. The summed E-state index contributed by atoms with van der Waals surface area (Å²) in [4.78, 5) is 4.87. The molecular formula is C21H18Cl2N6S2. The topological polar surface area (TPSA) is 71.8 Å². The lowest BCUT2D eigenvalue weighted by Gasteiger charge is -2.07. The number of rotatable bonds is 7. The molecule has 158 valence electrons. The first-order chi connectivity index (χ1) is 15.1. The third-order valence-electron chi connectivity index (χ3n) is 5.14. The molecule has 1 N–H and O–H groups in total. The smallest absolute Gasteiger partial charge is 0.174 e. The molecule has 0 amide bonds. The van der Waals surface area contributed by atoms with Crippen molar-refractivity contribution < 1.29 is 0 Å². The number of H-pyrrole nitrogens is 1. The summed E-state index contributed by atoms with van der Waals surface area (Å²) in [6.07, 6.45) is 4.35. The van der Waals surface area contributed by atoms with E-state index in [0.29, 0.717) is 10.0 Å². The van der Waals surface area contributed by atoms with Gasteiger partial charge < -0.3 is 4.40 Å². The number of halogens is 2. The van der Waals surface area contributed by atoms with Crippen molar-refractivity contribution in [3.63, 3.8) is 0 Å². The van der Waals surface area contributed by atoms with Crippen LogP contribution < -0.4 is 0 Å². The van der Waals surface area contributed by atoms with Gasteiger partial charge in [0.1, 0.15) is 10.7 Å². The largest absolute Gasteiger partial charge is 0.301 e. The molecule has 0 unspecified atom stereocenters. The maximum Gasteiger partial charge on any atom is 0.174 e. The lowest BCUT2D eigenvalue weighted by Crippen LogP contribution is -1.97. The molecule has 0 aliphatic carbocycles. The van der Waals surface area contributed by atoms with Gasteiger partial charge in [-0.2, -0.15) is 5.21 Å². The van der Waals surface area contributed by atoms with Crippen molar-refractivity contribution in [3.8, 4) is 0 Å². The summed E-state index contributed by atoms with van der Waals surface area (Å²) in [7, 11) is 0. The van der Waals surface area contributed by atoms with Crippen LogP contribution in [-0.4, -0.2) is 35.8 Å². The Hall–Kier alpha value is -2.13. The Labute approximate surface area is 197 Å². The van der Waals surface area contributed by atoms with Gasteiger partial charge in [0.15, 0.2) is 5.82 Å². The summed E-state index contributed by atoms with van der Waals surface area (Å²) < 4.78 is 3.37. The van der Waals surface area contributed by atoms with E-state index in [1.165, 1.54) is 21.2 Å². The third kappa shape index (κ3) is 4.17. The van der Waals surface area contributed by atoms with E-state index in [0.717, 1.165) is 47.2 Å². The summed E-state index contributed by atoms with van der Waals surface area (Å²) >= 11 is 16.1. The van der Waals surface area contributed by atoms with Gasteiger partial charge in [-0.1, -0.05) is 40.5 Å². The number of aromatic nitrogens is 6. The molecule has 0 fully saturated rings. The Morgan fingerprint density at radius 1 is 1.23 bits per heavy atom. The molecular weight excluding hydrogens is 471 g/mol. The molecule has 0 bridgehead atoms. The van der Waals surface area contributed by atoms with E-state index < -0.39 is 0 Å². The van der Waals surface area contributed by atoms with Crippen molar-refractivity contribution in [2.75, 3.05) is 5.75 Å². The number of imidazole rings is 1. The van der Waals surface area contributed by atoms with Crippen molar-refractivity contribution in [1.82, 2.24) is 30.0 Å². The van der Waals surface area contributed by atoms with Gasteiger partial charge in [-0.25, -0.2) is 4.98 Å². The van der Waals surface area contributed by atoms with Crippen molar-refractivity contribution in [2.24, 2.45) is 0 Å². The fourth-order valence-corrected chi connectivity index (χ4v) is 6.00. The van der Waals surface area contributed by atoms with Gasteiger partial charge in [-0.05, 0) is 47.1 Å². The van der Waals surface area contributed by atoms with Gasteiger partial charge in [-0.3, -0.25) is 0 Å². The van der Waals surface area contributed by atoms with E-state index in [9.17, 15) is 0 Å². The first-order valence-electron chi connectivity index (χ1n) is 9.77. The summed E-state index contributed by atoms with van der Waals surface area (Å²) in [6, 6.07) is 8.28. The van der Waals surface area contributed by atoms with Crippen LogP contribution in [0.1, 0.15) is 29.1 Å². The number of hydrogen-bond donors (Lipinski definition) is 1. The molecule has 4 aromatic heterocycles. The fraction of sp³-hybridized carbons (Fsp3) is 0.238. The molecule has 31 heavy (non-hydrogen) atoms. The highest BCUT2D eigenvalue weighted by Crippen LogP contribution is 2.34. The summed E-state index contributed by atoms with van der Waals surface area (Å²) in [5.41, 5.74) is 4.53. The number of thiophene rings is 1. The number of benzene rings is 1. The highest BCUT2D eigenvalue weighted by molar-refractivity contribution is 7.99. The molecule has 0 aliphatic heterocycles. The average Bonchev–Trinajstić information content (AvgIpc) is 3.48. The lowest BCUT2D eigenvalue weighted by atomic mass is 10.0. The molecule has 0 atom stereocenters. The average molecular weight is 489 g/mol. The molecule has 4 heterocycles. The van der Waals surface area contributed by atoms with E-state index in [-0.39, 0.29) is 0 Å². The zero-order valence-electron chi connectivity index (χ0n) is 16.6. The van der Waals surface area contributed by atoms with Gasteiger partial charge >= 0.3 is 0 Å². The zero-order chi connectivity index (χ0) is 21.4. The van der Waals surface area contributed by atoms with Gasteiger partial charge in [0.2, 0.25) is 0 Å². The molecule has 0 aliphatic rings. The second kappa shape index (κ2) is 8.78. The molecule has 0 spiro atoms. The predicted molar refractivity (Wildman–Crippen MR) is 128 cm³/mol. The van der Waals surface area contributed by atoms with Crippen LogP contribution in [0.5, 0.6) is 0 Å². The van der Waals surface area contributed by atoms with Gasteiger partial charge in [0.25, 0.3) is 0 Å². The monoisotopic (exact) mass is 488 g/mol. The predicted octanol–water partition coefficient (Wildman–Crippen LogP) is 5.99. The second-order valence-electron chi connectivity index (χ2n) is 7.23.